The van der Waals surface area contributed by atoms with E-state index in [-0.39, 0.29) is 23.1 Å². The zero-order valence-corrected chi connectivity index (χ0v) is 18.1. The van der Waals surface area contributed by atoms with Crippen molar-refractivity contribution in [3.8, 4) is 5.75 Å². The fraction of sp³-hybridized carbons (Fsp3) is 0.389. The topological polar surface area (TPSA) is 77.9 Å². The molecular weight excluding hydrogens is 503 g/mol. The average Bonchev–Trinajstić information content (AvgIpc) is 2.83. The van der Waals surface area contributed by atoms with E-state index in [1.807, 2.05) is 22.6 Å². The maximum atomic E-state index is 12.6. The van der Waals surface area contributed by atoms with E-state index in [9.17, 15) is 19.5 Å². The minimum absolute atomic E-state index is 0.00700. The van der Waals surface area contributed by atoms with E-state index in [4.69, 9.17) is 11.6 Å². The highest BCUT2D eigenvalue weighted by molar-refractivity contribution is 14.1. The smallest absolute Gasteiger partial charge is 0.294 e. The van der Waals surface area contributed by atoms with Gasteiger partial charge in [0.25, 0.3) is 11.1 Å². The Morgan fingerprint density at radius 3 is 2.56 bits per heavy atom. The molecule has 0 atom stereocenters. The Labute approximate surface area is 180 Å². The van der Waals surface area contributed by atoms with Gasteiger partial charge in [-0.3, -0.25) is 19.3 Å². The molecule has 0 saturated carbocycles. The second kappa shape index (κ2) is 8.83. The summed E-state index contributed by atoms with van der Waals surface area (Å²) in [5.41, 5.74) is 0.358. The molecule has 2 saturated heterocycles. The summed E-state index contributed by atoms with van der Waals surface area (Å²) in [4.78, 5) is 40.2. The van der Waals surface area contributed by atoms with Gasteiger partial charge in [-0.1, -0.05) is 24.4 Å². The van der Waals surface area contributed by atoms with Crippen molar-refractivity contribution in [2.75, 3.05) is 19.6 Å². The Balaban J connectivity index is 1.76. The number of phenols is 1. The number of benzene rings is 1. The largest absolute Gasteiger partial charge is 0.506 e. The molecule has 2 heterocycles. The molecule has 27 heavy (non-hydrogen) atoms. The highest BCUT2D eigenvalue weighted by Gasteiger charge is 2.37. The van der Waals surface area contributed by atoms with Crippen LogP contribution in [0.2, 0.25) is 5.02 Å². The van der Waals surface area contributed by atoms with Gasteiger partial charge >= 0.3 is 0 Å². The first-order valence-electron chi connectivity index (χ1n) is 8.58. The predicted molar refractivity (Wildman–Crippen MR) is 114 cm³/mol. The first-order chi connectivity index (χ1) is 12.9. The molecule has 0 spiro atoms. The van der Waals surface area contributed by atoms with Crippen LogP contribution in [0.5, 0.6) is 5.75 Å². The highest BCUT2D eigenvalue weighted by atomic mass is 127. The lowest BCUT2D eigenvalue weighted by Crippen LogP contribution is -2.42. The lowest BCUT2D eigenvalue weighted by Gasteiger charge is -2.22. The van der Waals surface area contributed by atoms with Crippen LogP contribution in [0, 0.1) is 3.57 Å². The lowest BCUT2D eigenvalue weighted by atomic mass is 10.2. The van der Waals surface area contributed by atoms with Crippen LogP contribution >= 0.6 is 46.0 Å². The van der Waals surface area contributed by atoms with Crippen LogP contribution in [0.4, 0.5) is 4.79 Å². The van der Waals surface area contributed by atoms with Crippen molar-refractivity contribution in [2.24, 2.45) is 0 Å². The van der Waals surface area contributed by atoms with Crippen molar-refractivity contribution in [3.63, 3.8) is 0 Å². The molecule has 2 aliphatic heterocycles. The molecule has 3 amide bonds. The number of aromatic hydroxyl groups is 1. The Morgan fingerprint density at radius 2 is 1.89 bits per heavy atom. The molecule has 1 aromatic rings. The molecule has 1 N–H and O–H groups in total. The molecule has 0 unspecified atom stereocenters. The summed E-state index contributed by atoms with van der Waals surface area (Å²) in [5, 5.41) is 10.1. The summed E-state index contributed by atoms with van der Waals surface area (Å²) in [6.07, 6.45) is 5.51. The van der Waals surface area contributed by atoms with Gasteiger partial charge in [-0.15, -0.1) is 0 Å². The van der Waals surface area contributed by atoms with Crippen LogP contribution in [-0.2, 0) is 9.59 Å². The first kappa shape index (κ1) is 20.5. The molecular formula is C18H18ClIN2O4S. The monoisotopic (exact) mass is 520 g/mol. The standard InChI is InChI=1S/C18H18ClIN2O4S/c19-12-7-11(16(24)13(20)9-12)8-14-17(25)22(18(26)27-14)10-15(23)21-5-3-1-2-4-6-21/h7-9,24H,1-6,10H2. The van der Waals surface area contributed by atoms with Gasteiger partial charge in [0.2, 0.25) is 5.91 Å². The van der Waals surface area contributed by atoms with Crippen molar-refractivity contribution in [2.45, 2.75) is 25.7 Å². The third kappa shape index (κ3) is 4.78. The summed E-state index contributed by atoms with van der Waals surface area (Å²) in [5.74, 6) is -0.740. The van der Waals surface area contributed by atoms with E-state index >= 15 is 0 Å². The average molecular weight is 521 g/mol. The normalized spacial score (nSPS) is 19.7. The van der Waals surface area contributed by atoms with Crippen molar-refractivity contribution in [3.05, 3.63) is 31.2 Å². The second-order valence-corrected chi connectivity index (χ2v) is 8.98. The van der Waals surface area contributed by atoms with Crippen LogP contribution < -0.4 is 0 Å². The number of likely N-dealkylation sites (tertiary alicyclic amines) is 1. The summed E-state index contributed by atoms with van der Waals surface area (Å²) >= 11 is 8.70. The number of hydrogen-bond acceptors (Lipinski definition) is 5. The number of thioether (sulfide) groups is 1. The van der Waals surface area contributed by atoms with Gasteiger partial charge in [-0.05, 0) is 65.4 Å². The number of phenolic OH excluding ortho intramolecular Hbond substituents is 1. The molecule has 3 rings (SSSR count). The van der Waals surface area contributed by atoms with E-state index in [0.717, 1.165) is 42.3 Å². The van der Waals surface area contributed by atoms with Crippen LogP contribution in [0.3, 0.4) is 0 Å². The van der Waals surface area contributed by atoms with Gasteiger partial charge in [0.15, 0.2) is 0 Å². The number of rotatable bonds is 3. The number of hydrogen-bond donors (Lipinski definition) is 1. The Kier molecular flexibility index (Phi) is 6.69. The predicted octanol–water partition coefficient (Wildman–Crippen LogP) is 4.09. The van der Waals surface area contributed by atoms with Crippen molar-refractivity contribution in [1.29, 1.82) is 0 Å². The first-order valence-corrected chi connectivity index (χ1v) is 10.9. The van der Waals surface area contributed by atoms with Crippen LogP contribution in [0.15, 0.2) is 17.0 Å². The molecule has 2 fully saturated rings. The SMILES string of the molecule is O=C(CN1C(=O)SC(=Cc2cc(Cl)cc(I)c2O)C1=O)N1CCCCCC1. The van der Waals surface area contributed by atoms with E-state index in [0.29, 0.717) is 27.2 Å². The zero-order chi connectivity index (χ0) is 19.6. The van der Waals surface area contributed by atoms with Crippen LogP contribution in [-0.4, -0.2) is 51.6 Å². The number of imide groups is 1. The van der Waals surface area contributed by atoms with Crippen LogP contribution in [0.1, 0.15) is 31.2 Å². The molecule has 0 radical (unpaired) electrons. The Bertz CT molecular complexity index is 822. The van der Waals surface area contributed by atoms with Crippen molar-refractivity contribution < 1.29 is 19.5 Å². The number of halogens is 2. The molecule has 9 heteroatoms. The number of amides is 3. The van der Waals surface area contributed by atoms with E-state index < -0.39 is 11.1 Å². The van der Waals surface area contributed by atoms with E-state index in [2.05, 4.69) is 0 Å². The summed E-state index contributed by atoms with van der Waals surface area (Å²) in [7, 11) is 0. The summed E-state index contributed by atoms with van der Waals surface area (Å²) in [6, 6.07) is 3.12. The summed E-state index contributed by atoms with van der Waals surface area (Å²) in [6.45, 7) is 1.08. The van der Waals surface area contributed by atoms with Gasteiger partial charge in [-0.25, -0.2) is 0 Å². The highest BCUT2D eigenvalue weighted by Crippen LogP contribution is 2.36. The quantitative estimate of drug-likeness (QED) is 0.480. The molecule has 6 nitrogen and oxygen atoms in total. The minimum atomic E-state index is -0.525. The van der Waals surface area contributed by atoms with Gasteiger partial charge < -0.3 is 10.0 Å². The van der Waals surface area contributed by atoms with Gasteiger partial charge in [0, 0.05) is 23.7 Å². The number of nitrogens with zero attached hydrogens (tertiary/aromatic N) is 2. The van der Waals surface area contributed by atoms with Gasteiger partial charge in [-0.2, -0.15) is 0 Å². The number of carbonyl (C=O) groups excluding carboxylic acids is 3. The fourth-order valence-electron chi connectivity index (χ4n) is 3.03. The Hall–Kier alpha value is -1.26. The minimum Gasteiger partial charge on any atom is -0.506 e. The molecule has 0 aromatic heterocycles. The van der Waals surface area contributed by atoms with Crippen molar-refractivity contribution >= 4 is 69.1 Å². The van der Waals surface area contributed by atoms with Crippen LogP contribution in [0.25, 0.3) is 6.08 Å². The van der Waals surface area contributed by atoms with Crippen molar-refractivity contribution in [1.82, 2.24) is 9.80 Å². The molecule has 2 aliphatic rings. The third-order valence-electron chi connectivity index (χ3n) is 4.47. The molecule has 0 aliphatic carbocycles. The Morgan fingerprint density at radius 1 is 1.22 bits per heavy atom. The summed E-state index contributed by atoms with van der Waals surface area (Å²) < 4.78 is 0.543. The number of carbonyl (C=O) groups is 3. The molecule has 0 bridgehead atoms. The van der Waals surface area contributed by atoms with Gasteiger partial charge in [0.05, 0.1) is 8.48 Å². The maximum absolute atomic E-state index is 12.6. The second-order valence-electron chi connectivity index (χ2n) is 6.39. The molecule has 1 aromatic carbocycles. The lowest BCUT2D eigenvalue weighted by molar-refractivity contribution is -0.135. The zero-order valence-electron chi connectivity index (χ0n) is 14.4. The molecule has 144 valence electrons. The third-order valence-corrected chi connectivity index (χ3v) is 6.42. The van der Waals surface area contributed by atoms with E-state index in [1.165, 1.54) is 12.1 Å². The van der Waals surface area contributed by atoms with E-state index in [1.54, 1.807) is 11.0 Å². The van der Waals surface area contributed by atoms with Gasteiger partial charge in [0.1, 0.15) is 12.3 Å². The maximum Gasteiger partial charge on any atom is 0.294 e. The fourth-order valence-corrected chi connectivity index (χ4v) is 4.92.